The number of carbonyl (C=O) groups excluding carboxylic acids is 1. The van der Waals surface area contributed by atoms with Crippen molar-refractivity contribution in [1.29, 1.82) is 0 Å². The first-order chi connectivity index (χ1) is 11.6. The van der Waals surface area contributed by atoms with Crippen LogP contribution in [-0.2, 0) is 14.3 Å². The number of fused-ring (bicyclic) bond motifs is 1. The van der Waals surface area contributed by atoms with E-state index in [1.54, 1.807) is 4.90 Å². The van der Waals surface area contributed by atoms with Gasteiger partial charge in [-0.3, -0.25) is 9.69 Å². The second-order valence-electron chi connectivity index (χ2n) is 5.88. The largest absolute Gasteiger partial charge is 0.494 e. The molecule has 0 atom stereocenters. The van der Waals surface area contributed by atoms with Crippen LogP contribution in [0, 0.1) is 6.92 Å². The molecule has 2 aromatic rings. The van der Waals surface area contributed by atoms with Crippen LogP contribution in [0.25, 0.3) is 10.2 Å². The molecule has 1 aromatic carbocycles. The van der Waals surface area contributed by atoms with E-state index in [1.807, 2.05) is 44.1 Å². The van der Waals surface area contributed by atoms with E-state index in [-0.39, 0.29) is 11.7 Å². The van der Waals surface area contributed by atoms with Gasteiger partial charge in [0.1, 0.15) is 19.5 Å². The third-order valence-electron chi connectivity index (χ3n) is 3.72. The van der Waals surface area contributed by atoms with Crippen molar-refractivity contribution < 1.29 is 14.3 Å². The summed E-state index contributed by atoms with van der Waals surface area (Å²) in [5, 5.41) is 0.682. The van der Waals surface area contributed by atoms with Crippen molar-refractivity contribution >= 4 is 32.6 Å². The minimum absolute atomic E-state index is 0.215. The molecule has 3 rings (SSSR count). The van der Waals surface area contributed by atoms with Crippen LogP contribution in [0.5, 0.6) is 0 Å². The van der Waals surface area contributed by atoms with Gasteiger partial charge in [0, 0.05) is 13.1 Å². The lowest BCUT2D eigenvalue weighted by Crippen LogP contribution is -2.38. The predicted molar refractivity (Wildman–Crippen MR) is 95.3 cm³/mol. The van der Waals surface area contributed by atoms with Crippen molar-refractivity contribution in [1.82, 2.24) is 9.88 Å². The highest BCUT2D eigenvalue weighted by atomic mass is 32.1. The molecule has 7 heteroatoms. The van der Waals surface area contributed by atoms with E-state index < -0.39 is 0 Å². The van der Waals surface area contributed by atoms with Crippen LogP contribution in [0.4, 0.5) is 5.13 Å². The Bertz CT molecular complexity index is 770. The first-order valence-corrected chi connectivity index (χ1v) is 8.65. The van der Waals surface area contributed by atoms with Gasteiger partial charge in [-0.05, 0) is 32.6 Å². The van der Waals surface area contributed by atoms with Crippen LogP contribution in [0.2, 0.25) is 0 Å². The molecule has 0 radical (unpaired) electrons. The fraction of sp³-hybridized carbons (Fsp3) is 0.412. The Morgan fingerprint density at radius 1 is 1.29 bits per heavy atom. The highest BCUT2D eigenvalue weighted by molar-refractivity contribution is 7.22. The quantitative estimate of drug-likeness (QED) is 0.831. The van der Waals surface area contributed by atoms with E-state index in [1.165, 1.54) is 17.6 Å². The van der Waals surface area contributed by atoms with Crippen molar-refractivity contribution in [3.8, 4) is 0 Å². The Morgan fingerprint density at radius 2 is 2.12 bits per heavy atom. The van der Waals surface area contributed by atoms with Gasteiger partial charge in [-0.15, -0.1) is 0 Å². The minimum atomic E-state index is -0.215. The normalized spacial score (nSPS) is 14.2. The lowest BCUT2D eigenvalue weighted by Gasteiger charge is -2.24. The van der Waals surface area contributed by atoms with Gasteiger partial charge >= 0.3 is 0 Å². The standard InChI is InChI=1S/C17H21N3O3S/c1-12-5-4-6-14-15(12)18-17(24-14)20(8-7-19(2)3)16(21)13-11-22-9-10-23-13/h4-6,11H,7-10H2,1-3H3. The Balaban J connectivity index is 1.94. The molecule has 1 amide bonds. The topological polar surface area (TPSA) is 54.9 Å². The van der Waals surface area contributed by atoms with Gasteiger partial charge < -0.3 is 14.4 Å². The number of rotatable bonds is 5. The molecule has 0 saturated carbocycles. The number of ether oxygens (including phenoxy) is 2. The average Bonchev–Trinajstić information content (AvgIpc) is 3.01. The third-order valence-corrected chi connectivity index (χ3v) is 4.76. The van der Waals surface area contributed by atoms with Crippen molar-refractivity contribution in [3.05, 3.63) is 35.8 Å². The molecule has 0 saturated heterocycles. The second kappa shape index (κ2) is 7.19. The molecule has 24 heavy (non-hydrogen) atoms. The Kier molecular flexibility index (Phi) is 5.01. The number of amides is 1. The maximum absolute atomic E-state index is 12.9. The summed E-state index contributed by atoms with van der Waals surface area (Å²) < 4.78 is 11.8. The maximum atomic E-state index is 12.9. The number of para-hydroxylation sites is 1. The maximum Gasteiger partial charge on any atom is 0.298 e. The number of anilines is 1. The Labute approximate surface area is 145 Å². The highest BCUT2D eigenvalue weighted by Gasteiger charge is 2.26. The molecule has 6 nitrogen and oxygen atoms in total. The van der Waals surface area contributed by atoms with Crippen LogP contribution in [0.15, 0.2) is 30.2 Å². The smallest absolute Gasteiger partial charge is 0.298 e. The fourth-order valence-corrected chi connectivity index (χ4v) is 3.46. The van der Waals surface area contributed by atoms with E-state index in [2.05, 4.69) is 4.98 Å². The van der Waals surface area contributed by atoms with Crippen molar-refractivity contribution in [3.63, 3.8) is 0 Å². The van der Waals surface area contributed by atoms with E-state index in [0.29, 0.717) is 24.9 Å². The van der Waals surface area contributed by atoms with Crippen molar-refractivity contribution in [2.75, 3.05) is 45.3 Å². The van der Waals surface area contributed by atoms with E-state index in [9.17, 15) is 4.79 Å². The first-order valence-electron chi connectivity index (χ1n) is 7.83. The number of hydrogen-bond acceptors (Lipinski definition) is 6. The molecule has 1 aromatic heterocycles. The molecular weight excluding hydrogens is 326 g/mol. The van der Waals surface area contributed by atoms with Gasteiger partial charge in [-0.2, -0.15) is 0 Å². The number of aryl methyl sites for hydroxylation is 1. The lowest BCUT2D eigenvalue weighted by molar-refractivity contribution is -0.119. The van der Waals surface area contributed by atoms with Gasteiger partial charge in [-0.1, -0.05) is 23.5 Å². The molecule has 0 N–H and O–H groups in total. The fourth-order valence-electron chi connectivity index (χ4n) is 2.39. The second-order valence-corrected chi connectivity index (χ2v) is 6.89. The van der Waals surface area contributed by atoms with Crippen molar-refractivity contribution in [2.24, 2.45) is 0 Å². The molecular formula is C17H21N3O3S. The van der Waals surface area contributed by atoms with Crippen LogP contribution >= 0.6 is 11.3 Å². The molecule has 128 valence electrons. The van der Waals surface area contributed by atoms with Gasteiger partial charge in [0.2, 0.25) is 5.76 Å². The zero-order valence-electron chi connectivity index (χ0n) is 14.1. The summed E-state index contributed by atoms with van der Waals surface area (Å²) >= 11 is 1.52. The molecule has 0 unspecified atom stereocenters. The summed E-state index contributed by atoms with van der Waals surface area (Å²) in [6.45, 7) is 4.14. The van der Waals surface area contributed by atoms with E-state index in [4.69, 9.17) is 9.47 Å². The SMILES string of the molecule is Cc1cccc2sc(N(CCN(C)C)C(=O)C3=COCCO3)nc12. The van der Waals surface area contributed by atoms with Crippen molar-refractivity contribution in [2.45, 2.75) is 6.92 Å². The van der Waals surface area contributed by atoms with Crippen LogP contribution in [-0.4, -0.2) is 56.2 Å². The Hall–Kier alpha value is -2.12. The molecule has 0 spiro atoms. The molecule has 1 aliphatic rings. The lowest BCUT2D eigenvalue weighted by atomic mass is 10.2. The van der Waals surface area contributed by atoms with Crippen LogP contribution in [0.3, 0.4) is 0 Å². The highest BCUT2D eigenvalue weighted by Crippen LogP contribution is 2.31. The number of likely N-dealkylation sites (N-methyl/N-ethyl adjacent to an activating group) is 1. The molecule has 0 bridgehead atoms. The van der Waals surface area contributed by atoms with E-state index >= 15 is 0 Å². The molecule has 1 aliphatic heterocycles. The van der Waals surface area contributed by atoms with Gasteiger partial charge in [0.15, 0.2) is 5.13 Å². The van der Waals surface area contributed by atoms with Crippen LogP contribution < -0.4 is 4.90 Å². The third kappa shape index (κ3) is 3.52. The molecule has 0 fully saturated rings. The molecule has 0 aliphatic carbocycles. The summed E-state index contributed by atoms with van der Waals surface area (Å²) in [6.07, 6.45) is 1.40. The minimum Gasteiger partial charge on any atom is -0.494 e. The van der Waals surface area contributed by atoms with Gasteiger partial charge in [0.05, 0.1) is 10.2 Å². The van der Waals surface area contributed by atoms with Gasteiger partial charge in [-0.25, -0.2) is 4.98 Å². The monoisotopic (exact) mass is 347 g/mol. The Morgan fingerprint density at radius 3 is 2.79 bits per heavy atom. The number of benzene rings is 1. The number of carbonyl (C=O) groups is 1. The summed E-state index contributed by atoms with van der Waals surface area (Å²) in [6, 6.07) is 6.06. The summed E-state index contributed by atoms with van der Waals surface area (Å²) in [7, 11) is 3.95. The summed E-state index contributed by atoms with van der Waals surface area (Å²) in [5.41, 5.74) is 2.04. The van der Waals surface area contributed by atoms with Crippen LogP contribution in [0.1, 0.15) is 5.56 Å². The average molecular weight is 347 g/mol. The number of hydrogen-bond donors (Lipinski definition) is 0. The molecule has 2 heterocycles. The number of aromatic nitrogens is 1. The number of thiazole rings is 1. The first kappa shape index (κ1) is 16.7. The summed E-state index contributed by atoms with van der Waals surface area (Å²) in [5.74, 6) is 0.0178. The zero-order chi connectivity index (χ0) is 17.1. The summed E-state index contributed by atoms with van der Waals surface area (Å²) in [4.78, 5) is 21.3. The number of nitrogens with zero attached hydrogens (tertiary/aromatic N) is 3. The zero-order valence-corrected chi connectivity index (χ0v) is 14.9. The van der Waals surface area contributed by atoms with Gasteiger partial charge in [0.25, 0.3) is 5.91 Å². The van der Waals surface area contributed by atoms with E-state index in [0.717, 1.165) is 22.3 Å². The predicted octanol–water partition coefficient (Wildman–Crippen LogP) is 2.39.